The van der Waals surface area contributed by atoms with E-state index >= 15 is 0 Å². The Kier molecular flexibility index (Phi) is 6.77. The molecule has 0 saturated heterocycles. The fourth-order valence-electron chi connectivity index (χ4n) is 1.29. The number of hydrogen-bond acceptors (Lipinski definition) is 3. The quantitative estimate of drug-likeness (QED) is 0.683. The summed E-state index contributed by atoms with van der Waals surface area (Å²) in [6.07, 6.45) is 0.270. The van der Waals surface area contributed by atoms with E-state index in [1.165, 1.54) is 0 Å². The number of carbonyl (C=O) groups is 1. The summed E-state index contributed by atoms with van der Waals surface area (Å²) in [6, 6.07) is 1.72. The van der Waals surface area contributed by atoms with Gasteiger partial charge in [-0.1, -0.05) is 6.92 Å². The Morgan fingerprint density at radius 1 is 1.43 bits per heavy atom. The molecule has 1 unspecified atom stereocenters. The van der Waals surface area contributed by atoms with E-state index in [-0.39, 0.29) is 18.4 Å². The molecule has 4 heteroatoms. The van der Waals surface area contributed by atoms with Crippen LogP contribution in [0.3, 0.4) is 0 Å². The molecule has 1 atom stereocenters. The number of carbonyl (C=O) groups excluding carboxylic acids is 1. The van der Waals surface area contributed by atoms with E-state index in [4.69, 9.17) is 5.26 Å². The molecule has 0 aliphatic rings. The Balaban J connectivity index is 4.08. The van der Waals surface area contributed by atoms with Gasteiger partial charge in [0.15, 0.2) is 0 Å². The minimum Gasteiger partial charge on any atom is -0.343 e. The van der Waals surface area contributed by atoms with Gasteiger partial charge >= 0.3 is 0 Å². The van der Waals surface area contributed by atoms with Gasteiger partial charge in [0.2, 0.25) is 5.91 Å². The highest BCUT2D eigenvalue weighted by atomic mass is 16.2. The summed E-state index contributed by atoms with van der Waals surface area (Å²) in [4.78, 5) is 13.3. The first-order valence-electron chi connectivity index (χ1n) is 5.10. The van der Waals surface area contributed by atoms with Gasteiger partial charge in [-0.25, -0.2) is 0 Å². The molecular formula is C10H19N3O. The zero-order chi connectivity index (χ0) is 11.0. The van der Waals surface area contributed by atoms with Crippen LogP contribution in [0, 0.1) is 11.3 Å². The summed E-state index contributed by atoms with van der Waals surface area (Å²) >= 11 is 0. The first kappa shape index (κ1) is 12.9. The number of rotatable bonds is 6. The predicted octanol–water partition coefficient (Wildman–Crippen LogP) is 0.747. The third kappa shape index (κ3) is 4.24. The van der Waals surface area contributed by atoms with Crippen molar-refractivity contribution >= 4 is 5.91 Å². The molecule has 0 heterocycles. The van der Waals surface area contributed by atoms with Crippen molar-refractivity contribution in [3.05, 3.63) is 0 Å². The summed E-state index contributed by atoms with van der Waals surface area (Å²) in [6.45, 7) is 7.93. The van der Waals surface area contributed by atoms with E-state index in [0.717, 1.165) is 0 Å². The van der Waals surface area contributed by atoms with Crippen LogP contribution in [-0.2, 0) is 4.79 Å². The molecule has 14 heavy (non-hydrogen) atoms. The molecule has 0 aromatic heterocycles. The van der Waals surface area contributed by atoms with Crippen molar-refractivity contribution in [3.63, 3.8) is 0 Å². The zero-order valence-electron chi connectivity index (χ0n) is 9.21. The van der Waals surface area contributed by atoms with Crippen molar-refractivity contribution < 1.29 is 4.79 Å². The standard InChI is InChI=1S/C10H19N3O/c1-4-12-9(8-11)7-10(14)13(5-2)6-3/h9,12H,4-7H2,1-3H3. The summed E-state index contributed by atoms with van der Waals surface area (Å²) in [5.74, 6) is 0.0440. The molecule has 1 amide bonds. The molecular weight excluding hydrogens is 178 g/mol. The smallest absolute Gasteiger partial charge is 0.225 e. The van der Waals surface area contributed by atoms with E-state index in [1.54, 1.807) is 4.90 Å². The fourth-order valence-corrected chi connectivity index (χ4v) is 1.29. The van der Waals surface area contributed by atoms with Crippen LogP contribution in [0.5, 0.6) is 0 Å². The Morgan fingerprint density at radius 3 is 2.36 bits per heavy atom. The van der Waals surface area contributed by atoms with Gasteiger partial charge in [-0.3, -0.25) is 4.79 Å². The molecule has 0 radical (unpaired) electrons. The number of hydrogen-bond donors (Lipinski definition) is 1. The molecule has 0 aliphatic carbocycles. The topological polar surface area (TPSA) is 56.1 Å². The molecule has 0 saturated carbocycles. The number of nitrogens with zero attached hydrogens (tertiary/aromatic N) is 2. The maximum absolute atomic E-state index is 11.6. The third-order valence-electron chi connectivity index (χ3n) is 2.10. The molecule has 4 nitrogen and oxygen atoms in total. The van der Waals surface area contributed by atoms with Crippen LogP contribution in [-0.4, -0.2) is 36.5 Å². The van der Waals surface area contributed by atoms with Crippen molar-refractivity contribution in [3.8, 4) is 6.07 Å². The Bertz CT molecular complexity index is 206. The van der Waals surface area contributed by atoms with Crippen LogP contribution < -0.4 is 5.32 Å². The van der Waals surface area contributed by atoms with Crippen molar-refractivity contribution in [2.45, 2.75) is 33.2 Å². The number of nitrogens with one attached hydrogen (secondary N) is 1. The summed E-state index contributed by atoms with van der Waals surface area (Å²) in [7, 11) is 0. The lowest BCUT2D eigenvalue weighted by molar-refractivity contribution is -0.131. The average molecular weight is 197 g/mol. The average Bonchev–Trinajstić information content (AvgIpc) is 2.19. The highest BCUT2D eigenvalue weighted by Gasteiger charge is 2.15. The molecule has 0 aromatic carbocycles. The highest BCUT2D eigenvalue weighted by Crippen LogP contribution is 1.98. The second-order valence-corrected chi connectivity index (χ2v) is 3.01. The first-order chi connectivity index (χ1) is 6.69. The highest BCUT2D eigenvalue weighted by molar-refractivity contribution is 5.77. The van der Waals surface area contributed by atoms with E-state index in [2.05, 4.69) is 11.4 Å². The zero-order valence-corrected chi connectivity index (χ0v) is 9.21. The molecule has 0 aromatic rings. The van der Waals surface area contributed by atoms with Crippen molar-refractivity contribution in [2.24, 2.45) is 0 Å². The van der Waals surface area contributed by atoms with Gasteiger partial charge in [-0.15, -0.1) is 0 Å². The lowest BCUT2D eigenvalue weighted by atomic mass is 10.2. The number of nitriles is 1. The lowest BCUT2D eigenvalue weighted by Crippen LogP contribution is -2.37. The Labute approximate surface area is 85.9 Å². The minimum atomic E-state index is -0.354. The largest absolute Gasteiger partial charge is 0.343 e. The fraction of sp³-hybridized carbons (Fsp3) is 0.800. The van der Waals surface area contributed by atoms with E-state index in [9.17, 15) is 4.79 Å². The molecule has 80 valence electrons. The van der Waals surface area contributed by atoms with Crippen LogP contribution in [0.2, 0.25) is 0 Å². The molecule has 0 bridgehead atoms. The molecule has 0 fully saturated rings. The van der Waals surface area contributed by atoms with Crippen LogP contribution >= 0.6 is 0 Å². The summed E-state index contributed by atoms with van der Waals surface area (Å²) in [5, 5.41) is 11.7. The van der Waals surface area contributed by atoms with Gasteiger partial charge < -0.3 is 10.2 Å². The Hall–Kier alpha value is -1.08. The SMILES string of the molecule is CCNC(C#N)CC(=O)N(CC)CC. The Morgan fingerprint density at radius 2 is 2.00 bits per heavy atom. The van der Waals surface area contributed by atoms with Crippen LogP contribution in [0.4, 0.5) is 0 Å². The first-order valence-corrected chi connectivity index (χ1v) is 5.10. The monoisotopic (exact) mass is 197 g/mol. The second kappa shape index (κ2) is 7.34. The second-order valence-electron chi connectivity index (χ2n) is 3.01. The summed E-state index contributed by atoms with van der Waals surface area (Å²) in [5.41, 5.74) is 0. The van der Waals surface area contributed by atoms with E-state index < -0.39 is 0 Å². The van der Waals surface area contributed by atoms with Crippen molar-refractivity contribution in [1.82, 2.24) is 10.2 Å². The molecule has 1 N–H and O–H groups in total. The van der Waals surface area contributed by atoms with E-state index in [0.29, 0.717) is 19.6 Å². The van der Waals surface area contributed by atoms with Gasteiger partial charge in [0.05, 0.1) is 12.5 Å². The van der Waals surface area contributed by atoms with Crippen LogP contribution in [0.25, 0.3) is 0 Å². The van der Waals surface area contributed by atoms with Gasteiger partial charge in [0.25, 0.3) is 0 Å². The molecule has 0 aliphatic heterocycles. The minimum absolute atomic E-state index is 0.0440. The van der Waals surface area contributed by atoms with E-state index in [1.807, 2.05) is 20.8 Å². The molecule has 0 rings (SSSR count). The number of amides is 1. The third-order valence-corrected chi connectivity index (χ3v) is 2.10. The maximum Gasteiger partial charge on any atom is 0.225 e. The van der Waals surface area contributed by atoms with Gasteiger partial charge in [0, 0.05) is 13.1 Å². The van der Waals surface area contributed by atoms with Gasteiger partial charge in [-0.2, -0.15) is 5.26 Å². The van der Waals surface area contributed by atoms with Crippen molar-refractivity contribution in [1.29, 1.82) is 5.26 Å². The van der Waals surface area contributed by atoms with Crippen molar-refractivity contribution in [2.75, 3.05) is 19.6 Å². The lowest BCUT2D eigenvalue weighted by Gasteiger charge is -2.20. The van der Waals surface area contributed by atoms with Gasteiger partial charge in [-0.05, 0) is 20.4 Å². The van der Waals surface area contributed by atoms with Crippen LogP contribution in [0.1, 0.15) is 27.2 Å². The maximum atomic E-state index is 11.6. The van der Waals surface area contributed by atoms with Crippen LogP contribution in [0.15, 0.2) is 0 Å². The van der Waals surface area contributed by atoms with Gasteiger partial charge in [0.1, 0.15) is 6.04 Å². The summed E-state index contributed by atoms with van der Waals surface area (Å²) < 4.78 is 0. The molecule has 0 spiro atoms. The normalized spacial score (nSPS) is 11.9. The predicted molar refractivity (Wildman–Crippen MR) is 55.6 cm³/mol.